The first-order valence-corrected chi connectivity index (χ1v) is 5.85. The Morgan fingerprint density at radius 3 is 2.62 bits per heavy atom. The minimum absolute atomic E-state index is 0.198. The highest BCUT2D eigenvalue weighted by atomic mass is 19.1. The van der Waals surface area contributed by atoms with Gasteiger partial charge in [0.25, 0.3) is 0 Å². The van der Waals surface area contributed by atoms with Crippen molar-refractivity contribution in [3.63, 3.8) is 0 Å². The highest BCUT2D eigenvalue weighted by molar-refractivity contribution is 5.81. The van der Waals surface area contributed by atoms with Crippen LogP contribution < -0.4 is 0 Å². The van der Waals surface area contributed by atoms with E-state index in [0.717, 1.165) is 29.6 Å². The van der Waals surface area contributed by atoms with Crippen molar-refractivity contribution in [2.45, 2.75) is 40.7 Å². The van der Waals surface area contributed by atoms with E-state index in [1.807, 2.05) is 25.5 Å². The summed E-state index contributed by atoms with van der Waals surface area (Å²) in [6.07, 6.45) is 1.04. The molecule has 1 aromatic carbocycles. The molecule has 3 heteroatoms. The molecule has 2 nitrogen and oxygen atoms in total. The average molecular weight is 222 g/mol. The number of aromatic nitrogens is 2. The molecule has 0 aliphatic heterocycles. The number of nitrogens with zero attached hydrogens (tertiary/aromatic N) is 2. The minimum atomic E-state index is -0.198. The summed E-state index contributed by atoms with van der Waals surface area (Å²) in [5.74, 6) is -0.198. The number of hydrogen-bond acceptors (Lipinski definition) is 1. The lowest BCUT2D eigenvalue weighted by Crippen LogP contribution is -1.98. The molecule has 1 aromatic heterocycles. The number of aryl methyl sites for hydroxylation is 2. The summed E-state index contributed by atoms with van der Waals surface area (Å²) >= 11 is 0. The van der Waals surface area contributed by atoms with Gasteiger partial charge in [0.2, 0.25) is 0 Å². The highest BCUT2D eigenvalue weighted by Crippen LogP contribution is 2.19. The van der Waals surface area contributed by atoms with Crippen LogP contribution in [0, 0.1) is 12.7 Å². The monoisotopic (exact) mass is 222 g/mol. The fourth-order valence-corrected chi connectivity index (χ4v) is 1.69. The molecule has 0 aliphatic carbocycles. The van der Waals surface area contributed by atoms with Gasteiger partial charge in [0.05, 0.1) is 11.2 Å². The van der Waals surface area contributed by atoms with Gasteiger partial charge < -0.3 is 0 Å². The summed E-state index contributed by atoms with van der Waals surface area (Å²) in [7, 11) is 0. The molecular weight excluding hydrogens is 203 g/mol. The van der Waals surface area contributed by atoms with E-state index in [0.29, 0.717) is 0 Å². The second-order valence-corrected chi connectivity index (χ2v) is 3.47. The van der Waals surface area contributed by atoms with Crippen molar-refractivity contribution in [2.75, 3.05) is 0 Å². The standard InChI is InChI=1S/C11H13FN2.C2H6/c1-3-6-14-11-5-4-9(12)7-10(11)8(2)13-14;1-2/h4-5,7H,3,6H2,1-2H3;1-2H3. The van der Waals surface area contributed by atoms with Crippen LogP contribution >= 0.6 is 0 Å². The Morgan fingerprint density at radius 2 is 2.00 bits per heavy atom. The molecule has 16 heavy (non-hydrogen) atoms. The quantitative estimate of drug-likeness (QED) is 0.753. The smallest absolute Gasteiger partial charge is 0.124 e. The summed E-state index contributed by atoms with van der Waals surface area (Å²) in [4.78, 5) is 0. The van der Waals surface area contributed by atoms with Crippen LogP contribution in [0.2, 0.25) is 0 Å². The van der Waals surface area contributed by atoms with Crippen LogP contribution in [0.3, 0.4) is 0 Å². The third-order valence-corrected chi connectivity index (χ3v) is 2.33. The molecule has 0 saturated heterocycles. The maximum Gasteiger partial charge on any atom is 0.124 e. The maximum atomic E-state index is 13.0. The maximum absolute atomic E-state index is 13.0. The third kappa shape index (κ3) is 2.40. The van der Waals surface area contributed by atoms with Crippen molar-refractivity contribution in [3.8, 4) is 0 Å². The van der Waals surface area contributed by atoms with Crippen molar-refractivity contribution < 1.29 is 4.39 Å². The van der Waals surface area contributed by atoms with E-state index in [1.54, 1.807) is 12.1 Å². The Morgan fingerprint density at radius 1 is 1.31 bits per heavy atom. The van der Waals surface area contributed by atoms with E-state index in [-0.39, 0.29) is 5.82 Å². The zero-order valence-corrected chi connectivity index (χ0v) is 10.4. The first kappa shape index (κ1) is 12.7. The van der Waals surface area contributed by atoms with E-state index >= 15 is 0 Å². The first-order chi connectivity index (χ1) is 7.72. The first-order valence-electron chi connectivity index (χ1n) is 5.85. The highest BCUT2D eigenvalue weighted by Gasteiger charge is 2.06. The molecule has 0 amide bonds. The largest absolute Gasteiger partial charge is 0.265 e. The third-order valence-electron chi connectivity index (χ3n) is 2.33. The summed E-state index contributed by atoms with van der Waals surface area (Å²) in [6.45, 7) is 8.90. The Labute approximate surface area is 96.1 Å². The Hall–Kier alpha value is -1.38. The molecule has 0 radical (unpaired) electrons. The van der Waals surface area contributed by atoms with Gasteiger partial charge in [-0.2, -0.15) is 5.10 Å². The van der Waals surface area contributed by atoms with Gasteiger partial charge >= 0.3 is 0 Å². The molecule has 88 valence electrons. The van der Waals surface area contributed by atoms with E-state index in [9.17, 15) is 4.39 Å². The second-order valence-electron chi connectivity index (χ2n) is 3.47. The molecule has 0 atom stereocenters. The van der Waals surface area contributed by atoms with Gasteiger partial charge in [-0.1, -0.05) is 20.8 Å². The topological polar surface area (TPSA) is 17.8 Å². The second kappa shape index (κ2) is 5.64. The number of benzene rings is 1. The summed E-state index contributed by atoms with van der Waals surface area (Å²) in [5.41, 5.74) is 1.92. The molecule has 2 aromatic rings. The molecular formula is C13H19FN2. The van der Waals surface area contributed by atoms with E-state index < -0.39 is 0 Å². The zero-order valence-electron chi connectivity index (χ0n) is 10.4. The number of rotatable bonds is 2. The van der Waals surface area contributed by atoms with Crippen molar-refractivity contribution in [2.24, 2.45) is 0 Å². The van der Waals surface area contributed by atoms with Crippen LogP contribution in [0.25, 0.3) is 10.9 Å². The molecule has 0 unspecified atom stereocenters. The van der Waals surface area contributed by atoms with Crippen LogP contribution in [0.5, 0.6) is 0 Å². The van der Waals surface area contributed by atoms with E-state index in [2.05, 4.69) is 12.0 Å². The number of hydrogen-bond donors (Lipinski definition) is 0. The van der Waals surface area contributed by atoms with E-state index in [4.69, 9.17) is 0 Å². The lowest BCUT2D eigenvalue weighted by Gasteiger charge is -1.99. The van der Waals surface area contributed by atoms with Gasteiger partial charge in [0.15, 0.2) is 0 Å². The summed E-state index contributed by atoms with van der Waals surface area (Å²) < 4.78 is 14.9. The normalized spacial score (nSPS) is 10.1. The fraction of sp³-hybridized carbons (Fsp3) is 0.462. The van der Waals surface area contributed by atoms with Gasteiger partial charge in [-0.05, 0) is 31.5 Å². The minimum Gasteiger partial charge on any atom is -0.265 e. The predicted molar refractivity (Wildman–Crippen MR) is 66.1 cm³/mol. The fourth-order valence-electron chi connectivity index (χ4n) is 1.69. The summed E-state index contributed by atoms with van der Waals surface area (Å²) in [6, 6.07) is 4.82. The van der Waals surface area contributed by atoms with Gasteiger partial charge in [-0.15, -0.1) is 0 Å². The molecule has 0 spiro atoms. The van der Waals surface area contributed by atoms with E-state index in [1.165, 1.54) is 6.07 Å². The molecule has 0 bridgehead atoms. The zero-order chi connectivity index (χ0) is 12.1. The average Bonchev–Trinajstić information content (AvgIpc) is 2.59. The number of fused-ring (bicyclic) bond motifs is 1. The van der Waals surface area contributed by atoms with Crippen LogP contribution in [-0.4, -0.2) is 9.78 Å². The Bertz CT molecular complexity index is 460. The molecule has 0 fully saturated rings. The van der Waals surface area contributed by atoms with Crippen LogP contribution in [0.1, 0.15) is 32.9 Å². The van der Waals surface area contributed by atoms with Gasteiger partial charge in [-0.3, -0.25) is 4.68 Å². The van der Waals surface area contributed by atoms with Crippen molar-refractivity contribution in [1.29, 1.82) is 0 Å². The Balaban J connectivity index is 0.000000606. The van der Waals surface area contributed by atoms with Crippen molar-refractivity contribution >= 4 is 10.9 Å². The van der Waals surface area contributed by atoms with Crippen molar-refractivity contribution in [1.82, 2.24) is 9.78 Å². The van der Waals surface area contributed by atoms with Gasteiger partial charge in [0.1, 0.15) is 5.82 Å². The molecule has 0 saturated carbocycles. The molecule has 2 rings (SSSR count). The van der Waals surface area contributed by atoms with Crippen molar-refractivity contribution in [3.05, 3.63) is 29.7 Å². The van der Waals surface area contributed by atoms with Gasteiger partial charge in [-0.25, -0.2) is 4.39 Å². The summed E-state index contributed by atoms with van der Waals surface area (Å²) in [5, 5.41) is 5.29. The lowest BCUT2D eigenvalue weighted by molar-refractivity contribution is 0.615. The predicted octanol–water partition coefficient (Wildman–Crippen LogP) is 3.92. The van der Waals surface area contributed by atoms with Crippen LogP contribution in [0.15, 0.2) is 18.2 Å². The SMILES string of the molecule is CC.CCCn1nc(C)c2cc(F)ccc21. The van der Waals surface area contributed by atoms with Crippen LogP contribution in [-0.2, 0) is 6.54 Å². The molecule has 0 N–H and O–H groups in total. The number of halogens is 1. The Kier molecular flexibility index (Phi) is 4.47. The molecule has 0 aliphatic rings. The molecule has 1 heterocycles. The van der Waals surface area contributed by atoms with Gasteiger partial charge in [0, 0.05) is 11.9 Å². The van der Waals surface area contributed by atoms with Crippen LogP contribution in [0.4, 0.5) is 4.39 Å². The lowest BCUT2D eigenvalue weighted by atomic mass is 10.2.